The van der Waals surface area contributed by atoms with Crippen LogP contribution in [-0.2, 0) is 9.59 Å². The van der Waals surface area contributed by atoms with E-state index in [1.165, 1.54) is 18.2 Å². The van der Waals surface area contributed by atoms with Crippen LogP contribution >= 0.6 is 11.6 Å². The molecule has 6 nitrogen and oxygen atoms in total. The number of nitrogens with zero attached hydrogens (tertiary/aromatic N) is 1. The fourth-order valence-corrected chi connectivity index (χ4v) is 4.74. The van der Waals surface area contributed by atoms with Crippen molar-refractivity contribution in [2.45, 2.75) is 32.2 Å². The standard InChI is InChI=1S/C30H32ClFN4O2/c1-30(2,3)36-17-22(23(18-36)29(38)35-26-14-13-21(31)16-24(26)32)20-11-8-19(9-12-20)10-15-28(37)34-27-7-5-4-6-25(27)33/h4-16,22-23H,17-18,33H2,1-3H3,(H,34,37)(H,35,38)/b15-10+. The van der Waals surface area contributed by atoms with Crippen LogP contribution in [0.25, 0.3) is 6.08 Å². The van der Waals surface area contributed by atoms with Gasteiger partial charge in [-0.25, -0.2) is 4.39 Å². The van der Waals surface area contributed by atoms with Gasteiger partial charge in [0.15, 0.2) is 0 Å². The molecule has 4 rings (SSSR count). The summed E-state index contributed by atoms with van der Waals surface area (Å²) in [6.07, 6.45) is 3.18. The maximum absolute atomic E-state index is 14.3. The van der Waals surface area contributed by atoms with Crippen molar-refractivity contribution in [3.63, 3.8) is 0 Å². The lowest BCUT2D eigenvalue weighted by Crippen LogP contribution is -2.40. The smallest absolute Gasteiger partial charge is 0.248 e. The highest BCUT2D eigenvalue weighted by molar-refractivity contribution is 6.30. The summed E-state index contributed by atoms with van der Waals surface area (Å²) >= 11 is 5.86. The second-order valence-electron chi connectivity index (χ2n) is 10.5. The number of nitrogen functional groups attached to an aromatic ring is 1. The number of amides is 2. The molecule has 198 valence electrons. The topological polar surface area (TPSA) is 87.5 Å². The van der Waals surface area contributed by atoms with Gasteiger partial charge in [0.1, 0.15) is 5.82 Å². The first-order valence-electron chi connectivity index (χ1n) is 12.5. The highest BCUT2D eigenvalue weighted by atomic mass is 35.5. The Balaban J connectivity index is 1.48. The summed E-state index contributed by atoms with van der Waals surface area (Å²) in [6.45, 7) is 7.60. The van der Waals surface area contributed by atoms with Crippen LogP contribution in [0.1, 0.15) is 37.8 Å². The zero-order valence-corrected chi connectivity index (χ0v) is 22.4. The number of hydrogen-bond donors (Lipinski definition) is 3. The van der Waals surface area contributed by atoms with E-state index in [0.717, 1.165) is 11.1 Å². The van der Waals surface area contributed by atoms with Crippen LogP contribution < -0.4 is 16.4 Å². The van der Waals surface area contributed by atoms with Gasteiger partial charge in [0.05, 0.1) is 23.0 Å². The van der Waals surface area contributed by atoms with Crippen molar-refractivity contribution < 1.29 is 14.0 Å². The number of nitrogens with one attached hydrogen (secondary N) is 2. The Kier molecular flexibility index (Phi) is 8.19. The number of rotatable bonds is 6. The van der Waals surface area contributed by atoms with Crippen molar-refractivity contribution in [3.05, 3.63) is 94.8 Å². The predicted octanol–water partition coefficient (Wildman–Crippen LogP) is 6.17. The molecule has 1 aliphatic rings. The molecule has 0 radical (unpaired) electrons. The summed E-state index contributed by atoms with van der Waals surface area (Å²) < 4.78 is 14.3. The normalized spacial score (nSPS) is 18.0. The maximum atomic E-state index is 14.3. The molecule has 3 aromatic carbocycles. The third kappa shape index (κ3) is 6.60. The zero-order valence-electron chi connectivity index (χ0n) is 21.7. The lowest BCUT2D eigenvalue weighted by atomic mass is 9.88. The van der Waals surface area contributed by atoms with Crippen LogP contribution in [0.4, 0.5) is 21.5 Å². The largest absolute Gasteiger partial charge is 0.397 e. The molecule has 1 fully saturated rings. The number of hydrogen-bond acceptors (Lipinski definition) is 4. The Labute approximate surface area is 227 Å². The average Bonchev–Trinajstić information content (AvgIpc) is 3.33. The van der Waals surface area contributed by atoms with Gasteiger partial charge in [-0.15, -0.1) is 0 Å². The molecule has 2 unspecified atom stereocenters. The predicted molar refractivity (Wildman–Crippen MR) is 153 cm³/mol. The molecule has 2 amide bonds. The van der Waals surface area contributed by atoms with Crippen LogP contribution in [0, 0.1) is 11.7 Å². The van der Waals surface area contributed by atoms with Gasteiger partial charge in [0.2, 0.25) is 11.8 Å². The Morgan fingerprint density at radius 3 is 2.37 bits per heavy atom. The molecule has 0 aromatic heterocycles. The molecule has 0 aliphatic carbocycles. The number of carbonyl (C=O) groups excluding carboxylic acids is 2. The number of nitrogens with two attached hydrogens (primary N) is 1. The summed E-state index contributed by atoms with van der Waals surface area (Å²) in [5.41, 5.74) is 8.78. The minimum atomic E-state index is -0.566. The molecule has 0 bridgehead atoms. The number of anilines is 3. The first kappa shape index (κ1) is 27.4. The van der Waals surface area contributed by atoms with Crippen molar-refractivity contribution in [2.24, 2.45) is 5.92 Å². The second kappa shape index (κ2) is 11.4. The molecule has 0 saturated carbocycles. The van der Waals surface area contributed by atoms with E-state index < -0.39 is 5.82 Å². The van der Waals surface area contributed by atoms with Crippen molar-refractivity contribution in [1.29, 1.82) is 0 Å². The first-order chi connectivity index (χ1) is 18.0. The minimum Gasteiger partial charge on any atom is -0.397 e. The van der Waals surface area contributed by atoms with Gasteiger partial charge in [-0.3, -0.25) is 14.5 Å². The Bertz CT molecular complexity index is 1350. The quantitative estimate of drug-likeness (QED) is 0.261. The lowest BCUT2D eigenvalue weighted by molar-refractivity contribution is -0.120. The van der Waals surface area contributed by atoms with Gasteiger partial charge in [-0.2, -0.15) is 0 Å². The Hall–Kier alpha value is -3.68. The third-order valence-electron chi connectivity index (χ3n) is 6.80. The summed E-state index contributed by atoms with van der Waals surface area (Å²) in [5, 5.41) is 5.79. The van der Waals surface area contributed by atoms with E-state index in [4.69, 9.17) is 17.3 Å². The van der Waals surface area contributed by atoms with Gasteiger partial charge in [-0.05, 0) is 68.3 Å². The van der Waals surface area contributed by atoms with E-state index in [9.17, 15) is 14.0 Å². The van der Waals surface area contributed by atoms with E-state index in [-0.39, 0.29) is 39.9 Å². The molecule has 4 N–H and O–H groups in total. The molecule has 2 atom stereocenters. The van der Waals surface area contributed by atoms with Gasteiger partial charge in [0, 0.05) is 35.6 Å². The molecule has 3 aromatic rings. The molecule has 0 spiro atoms. The molecular formula is C30H32ClFN4O2. The molecular weight excluding hydrogens is 503 g/mol. The molecule has 8 heteroatoms. The van der Waals surface area contributed by atoms with Crippen molar-refractivity contribution in [3.8, 4) is 0 Å². The van der Waals surface area contributed by atoms with E-state index in [1.807, 2.05) is 24.3 Å². The number of carbonyl (C=O) groups is 2. The van der Waals surface area contributed by atoms with Crippen LogP contribution in [-0.4, -0.2) is 35.3 Å². The SMILES string of the molecule is CC(C)(C)N1CC(C(=O)Nc2ccc(Cl)cc2F)C(c2ccc(/C=C/C(=O)Nc3ccccc3N)cc2)C1. The van der Waals surface area contributed by atoms with Crippen LogP contribution in [0.15, 0.2) is 72.8 Å². The van der Waals surface area contributed by atoms with Gasteiger partial charge in [-0.1, -0.05) is 48.0 Å². The number of benzene rings is 3. The average molecular weight is 535 g/mol. The Morgan fingerprint density at radius 1 is 1.00 bits per heavy atom. The first-order valence-corrected chi connectivity index (χ1v) is 12.8. The van der Waals surface area contributed by atoms with Crippen LogP contribution in [0.2, 0.25) is 5.02 Å². The zero-order chi connectivity index (χ0) is 27.4. The minimum absolute atomic E-state index is 0.0769. The summed E-state index contributed by atoms with van der Waals surface area (Å²) in [6, 6.07) is 19.1. The fourth-order valence-electron chi connectivity index (χ4n) is 4.58. The number of para-hydroxylation sites is 2. The molecule has 1 heterocycles. The highest BCUT2D eigenvalue weighted by Crippen LogP contribution is 2.37. The van der Waals surface area contributed by atoms with Crippen LogP contribution in [0.5, 0.6) is 0 Å². The summed E-state index contributed by atoms with van der Waals surface area (Å²) in [4.78, 5) is 27.9. The summed E-state index contributed by atoms with van der Waals surface area (Å²) in [7, 11) is 0. The number of likely N-dealkylation sites (tertiary alicyclic amines) is 1. The van der Waals surface area contributed by atoms with E-state index in [0.29, 0.717) is 24.5 Å². The van der Waals surface area contributed by atoms with Gasteiger partial charge < -0.3 is 16.4 Å². The second-order valence-corrected chi connectivity index (χ2v) is 10.9. The van der Waals surface area contributed by atoms with E-state index >= 15 is 0 Å². The maximum Gasteiger partial charge on any atom is 0.248 e. The third-order valence-corrected chi connectivity index (χ3v) is 7.04. The van der Waals surface area contributed by atoms with E-state index in [1.54, 1.807) is 36.4 Å². The lowest BCUT2D eigenvalue weighted by Gasteiger charge is -2.31. The number of halogens is 2. The monoisotopic (exact) mass is 534 g/mol. The fraction of sp³-hybridized carbons (Fsp3) is 0.267. The van der Waals surface area contributed by atoms with Crippen molar-refractivity contribution in [1.82, 2.24) is 4.90 Å². The van der Waals surface area contributed by atoms with Crippen LogP contribution in [0.3, 0.4) is 0 Å². The Morgan fingerprint density at radius 2 is 1.71 bits per heavy atom. The molecule has 38 heavy (non-hydrogen) atoms. The van der Waals surface area contributed by atoms with Crippen molar-refractivity contribution >= 4 is 46.6 Å². The molecule has 1 aliphatic heterocycles. The summed E-state index contributed by atoms with van der Waals surface area (Å²) in [5.74, 6) is -1.53. The van der Waals surface area contributed by atoms with Crippen molar-refractivity contribution in [2.75, 3.05) is 29.5 Å². The molecule has 1 saturated heterocycles. The van der Waals surface area contributed by atoms with Gasteiger partial charge in [0.25, 0.3) is 0 Å². The van der Waals surface area contributed by atoms with E-state index in [2.05, 4.69) is 36.3 Å². The highest BCUT2D eigenvalue weighted by Gasteiger charge is 2.42. The van der Waals surface area contributed by atoms with Gasteiger partial charge >= 0.3 is 0 Å².